The number of rotatable bonds is 3. The highest BCUT2D eigenvalue weighted by atomic mass is 16.2. The number of nitrogens with zero attached hydrogens (tertiary/aromatic N) is 2. The summed E-state index contributed by atoms with van der Waals surface area (Å²) in [4.78, 5) is 46.1. The summed E-state index contributed by atoms with van der Waals surface area (Å²) < 4.78 is 0. The summed E-state index contributed by atoms with van der Waals surface area (Å²) >= 11 is 0. The molecule has 1 aromatic heterocycles. The summed E-state index contributed by atoms with van der Waals surface area (Å²) in [6.45, 7) is 1.57. The smallest absolute Gasteiger partial charge is 0.249 e. The Morgan fingerprint density at radius 3 is 2.48 bits per heavy atom. The first-order chi connectivity index (χ1) is 12.1. The van der Waals surface area contributed by atoms with Gasteiger partial charge in [-0.2, -0.15) is 0 Å². The second kappa shape index (κ2) is 5.84. The van der Waals surface area contributed by atoms with E-state index in [1.165, 1.54) is 0 Å². The van der Waals surface area contributed by atoms with Crippen molar-refractivity contribution in [1.29, 1.82) is 0 Å². The molecule has 3 atom stereocenters. The maximum Gasteiger partial charge on any atom is 0.249 e. The molecule has 7 heteroatoms. The number of carbonyl (C=O) groups is 3. The van der Waals surface area contributed by atoms with Crippen LogP contribution in [0.15, 0.2) is 36.4 Å². The highest BCUT2D eigenvalue weighted by Crippen LogP contribution is 2.36. The first kappa shape index (κ1) is 15.6. The molecule has 3 unspecified atom stereocenters. The van der Waals surface area contributed by atoms with Gasteiger partial charge >= 0.3 is 0 Å². The van der Waals surface area contributed by atoms with Crippen molar-refractivity contribution in [3.8, 4) is 0 Å². The molecule has 7 nitrogen and oxygen atoms in total. The SMILES string of the molecule is CC(C(=O)Nc1nc2ccccc2[nH]1)N1C(=O)C2CC=CCC2C1=O. The van der Waals surface area contributed by atoms with Crippen LogP contribution in [0.25, 0.3) is 11.0 Å². The molecule has 0 spiro atoms. The van der Waals surface area contributed by atoms with Crippen LogP contribution < -0.4 is 5.32 Å². The first-order valence-corrected chi connectivity index (χ1v) is 8.34. The van der Waals surface area contributed by atoms with Gasteiger partial charge in [0.15, 0.2) is 0 Å². The van der Waals surface area contributed by atoms with Crippen LogP contribution in [-0.2, 0) is 14.4 Å². The molecule has 128 valence electrons. The Labute approximate surface area is 144 Å². The van der Waals surface area contributed by atoms with Gasteiger partial charge in [0.25, 0.3) is 0 Å². The Hall–Kier alpha value is -2.96. The van der Waals surface area contributed by atoms with Crippen LogP contribution in [0.4, 0.5) is 5.95 Å². The number of fused-ring (bicyclic) bond motifs is 2. The van der Waals surface area contributed by atoms with E-state index < -0.39 is 11.9 Å². The molecule has 2 N–H and O–H groups in total. The number of likely N-dealkylation sites (tertiary alicyclic amines) is 1. The van der Waals surface area contributed by atoms with Crippen LogP contribution in [0.1, 0.15) is 19.8 Å². The minimum absolute atomic E-state index is 0.258. The Kier molecular flexibility index (Phi) is 3.63. The average molecular weight is 338 g/mol. The average Bonchev–Trinajstić information content (AvgIpc) is 3.13. The Balaban J connectivity index is 1.52. The zero-order valence-corrected chi connectivity index (χ0v) is 13.7. The topological polar surface area (TPSA) is 95.2 Å². The maximum atomic E-state index is 12.6. The van der Waals surface area contributed by atoms with Gasteiger partial charge in [0.2, 0.25) is 23.7 Å². The van der Waals surface area contributed by atoms with Crippen LogP contribution in [0, 0.1) is 11.8 Å². The zero-order valence-electron chi connectivity index (χ0n) is 13.7. The number of aromatic amines is 1. The van der Waals surface area contributed by atoms with Crippen LogP contribution in [0.5, 0.6) is 0 Å². The van der Waals surface area contributed by atoms with Crippen LogP contribution >= 0.6 is 0 Å². The molecule has 1 aliphatic carbocycles. The van der Waals surface area contributed by atoms with Crippen molar-refractivity contribution < 1.29 is 14.4 Å². The molecule has 3 amide bonds. The molecule has 2 aliphatic rings. The van der Waals surface area contributed by atoms with Crippen molar-refractivity contribution in [3.05, 3.63) is 36.4 Å². The number of H-pyrrole nitrogens is 1. The molecular formula is C18H18N4O3. The molecule has 2 heterocycles. The second-order valence-electron chi connectivity index (χ2n) is 6.47. The van der Waals surface area contributed by atoms with E-state index in [-0.39, 0.29) is 23.7 Å². The monoisotopic (exact) mass is 338 g/mol. The molecule has 4 rings (SSSR count). The molecule has 1 aromatic carbocycles. The van der Waals surface area contributed by atoms with Crippen LogP contribution in [0.3, 0.4) is 0 Å². The van der Waals surface area contributed by atoms with Crippen molar-refractivity contribution in [3.63, 3.8) is 0 Å². The van der Waals surface area contributed by atoms with Crippen molar-refractivity contribution in [2.45, 2.75) is 25.8 Å². The number of carbonyl (C=O) groups excluding carboxylic acids is 3. The van der Waals surface area contributed by atoms with E-state index in [4.69, 9.17) is 0 Å². The van der Waals surface area contributed by atoms with E-state index in [2.05, 4.69) is 15.3 Å². The summed E-state index contributed by atoms with van der Waals surface area (Å²) in [5.74, 6) is -1.32. The predicted octanol–water partition coefficient (Wildman–Crippen LogP) is 1.84. The van der Waals surface area contributed by atoms with Crippen molar-refractivity contribution in [2.75, 3.05) is 5.32 Å². The Bertz CT molecular complexity index is 842. The third-order valence-corrected chi connectivity index (χ3v) is 4.94. The van der Waals surface area contributed by atoms with Gasteiger partial charge < -0.3 is 4.98 Å². The molecule has 2 aromatic rings. The lowest BCUT2D eigenvalue weighted by Gasteiger charge is -2.21. The Morgan fingerprint density at radius 1 is 1.20 bits per heavy atom. The van der Waals surface area contributed by atoms with Gasteiger partial charge in [-0.05, 0) is 31.9 Å². The van der Waals surface area contributed by atoms with Crippen LogP contribution in [0.2, 0.25) is 0 Å². The quantitative estimate of drug-likeness (QED) is 0.659. The van der Waals surface area contributed by atoms with Crippen molar-refractivity contribution >= 4 is 34.7 Å². The third kappa shape index (κ3) is 2.52. The van der Waals surface area contributed by atoms with Gasteiger partial charge in [-0.15, -0.1) is 0 Å². The summed E-state index contributed by atoms with van der Waals surface area (Å²) in [6.07, 6.45) is 4.97. The fourth-order valence-electron chi connectivity index (χ4n) is 3.56. The van der Waals surface area contributed by atoms with Gasteiger partial charge in [-0.1, -0.05) is 24.3 Å². The number of allylic oxidation sites excluding steroid dienone is 2. The van der Waals surface area contributed by atoms with E-state index in [1.807, 2.05) is 36.4 Å². The number of imidazole rings is 1. The Morgan fingerprint density at radius 2 is 1.84 bits per heavy atom. The third-order valence-electron chi connectivity index (χ3n) is 4.94. The number of benzene rings is 1. The number of hydrogen-bond acceptors (Lipinski definition) is 4. The summed E-state index contributed by atoms with van der Waals surface area (Å²) in [7, 11) is 0. The van der Waals surface area contributed by atoms with Gasteiger partial charge in [-0.25, -0.2) is 4.98 Å². The lowest BCUT2D eigenvalue weighted by Crippen LogP contribution is -2.46. The predicted molar refractivity (Wildman–Crippen MR) is 91.4 cm³/mol. The highest BCUT2D eigenvalue weighted by molar-refractivity contribution is 6.09. The minimum atomic E-state index is -0.876. The van der Waals surface area contributed by atoms with E-state index in [0.29, 0.717) is 18.8 Å². The van der Waals surface area contributed by atoms with Crippen molar-refractivity contribution in [1.82, 2.24) is 14.9 Å². The molecule has 0 bridgehead atoms. The zero-order chi connectivity index (χ0) is 17.6. The van der Waals surface area contributed by atoms with Gasteiger partial charge in [0.1, 0.15) is 6.04 Å². The van der Waals surface area contributed by atoms with Crippen molar-refractivity contribution in [2.24, 2.45) is 11.8 Å². The maximum absolute atomic E-state index is 12.6. The van der Waals surface area contributed by atoms with E-state index in [9.17, 15) is 14.4 Å². The lowest BCUT2D eigenvalue weighted by atomic mass is 9.85. The number of anilines is 1. The van der Waals surface area contributed by atoms with Crippen LogP contribution in [-0.4, -0.2) is 38.6 Å². The molecule has 1 fully saturated rings. The standard InChI is InChI=1S/C18H18N4O3/c1-10(22-16(24)11-6-2-3-7-12(11)17(22)25)15(23)21-18-19-13-8-4-5-9-14(13)20-18/h2-5,8-12H,6-7H2,1H3,(H2,19,20,21,23). The summed E-state index contributed by atoms with van der Waals surface area (Å²) in [5.41, 5.74) is 1.53. The van der Waals surface area contributed by atoms with Gasteiger partial charge in [-0.3, -0.25) is 24.6 Å². The molecule has 0 radical (unpaired) electrons. The second-order valence-corrected chi connectivity index (χ2v) is 6.47. The minimum Gasteiger partial charge on any atom is -0.324 e. The molecule has 25 heavy (non-hydrogen) atoms. The fourth-order valence-corrected chi connectivity index (χ4v) is 3.56. The van der Waals surface area contributed by atoms with Gasteiger partial charge in [0.05, 0.1) is 22.9 Å². The first-order valence-electron chi connectivity index (χ1n) is 8.34. The number of imide groups is 1. The molecule has 1 saturated heterocycles. The number of nitrogens with one attached hydrogen (secondary N) is 2. The molecule has 1 aliphatic heterocycles. The van der Waals surface area contributed by atoms with E-state index in [1.54, 1.807) is 6.92 Å². The fraction of sp³-hybridized carbons (Fsp3) is 0.333. The lowest BCUT2D eigenvalue weighted by molar-refractivity contribution is -0.146. The van der Waals surface area contributed by atoms with E-state index >= 15 is 0 Å². The number of hydrogen-bond donors (Lipinski definition) is 2. The molecule has 0 saturated carbocycles. The summed E-state index contributed by atoms with van der Waals surface area (Å²) in [5, 5.41) is 2.66. The molecular weight excluding hydrogens is 320 g/mol. The highest BCUT2D eigenvalue weighted by Gasteiger charge is 2.50. The summed E-state index contributed by atoms with van der Waals surface area (Å²) in [6, 6.07) is 6.53. The number of amides is 3. The largest absolute Gasteiger partial charge is 0.324 e. The van der Waals surface area contributed by atoms with Gasteiger partial charge in [0, 0.05) is 0 Å². The number of para-hydroxylation sites is 2. The number of aromatic nitrogens is 2. The normalized spacial score (nSPS) is 23.8. The van der Waals surface area contributed by atoms with E-state index in [0.717, 1.165) is 15.9 Å².